The van der Waals surface area contributed by atoms with Gasteiger partial charge in [0.05, 0.1) is 28.4 Å². The number of benzene rings is 1. The zero-order chi connectivity index (χ0) is 17.9. The van der Waals surface area contributed by atoms with Crippen LogP contribution in [0, 0.1) is 5.92 Å². The van der Waals surface area contributed by atoms with Gasteiger partial charge in [-0.2, -0.15) is 0 Å². The topological polar surface area (TPSA) is 78.9 Å². The molecule has 6 nitrogen and oxygen atoms in total. The molecule has 8 heteroatoms. The normalized spacial score (nSPS) is 16.6. The number of anilines is 1. The Balaban J connectivity index is 2.09. The molecule has 132 valence electrons. The van der Waals surface area contributed by atoms with Crippen LogP contribution in [0.5, 0.6) is 0 Å². The van der Waals surface area contributed by atoms with E-state index >= 15 is 0 Å². The van der Waals surface area contributed by atoms with Gasteiger partial charge in [0.1, 0.15) is 0 Å². The van der Waals surface area contributed by atoms with Crippen molar-refractivity contribution in [1.29, 1.82) is 0 Å². The predicted molar refractivity (Wildman–Crippen MR) is 93.2 cm³/mol. The monoisotopic (exact) mass is 374 g/mol. The van der Waals surface area contributed by atoms with Crippen molar-refractivity contribution in [1.82, 2.24) is 4.90 Å². The fraction of sp³-hybridized carbons (Fsp3) is 0.500. The van der Waals surface area contributed by atoms with Gasteiger partial charge in [0, 0.05) is 19.1 Å². The highest BCUT2D eigenvalue weighted by atomic mass is 35.5. The molecule has 0 aliphatic carbocycles. The Morgan fingerprint density at radius 1 is 1.33 bits per heavy atom. The van der Waals surface area contributed by atoms with Crippen LogP contribution >= 0.6 is 23.2 Å². The second-order valence-electron chi connectivity index (χ2n) is 5.85. The van der Waals surface area contributed by atoms with Crippen molar-refractivity contribution in [2.24, 2.45) is 5.92 Å². The molecule has 2 N–H and O–H groups in total. The minimum Gasteiger partial charge on any atom is -0.465 e. The predicted octanol–water partition coefficient (Wildman–Crippen LogP) is 3.97. The van der Waals surface area contributed by atoms with Crippen molar-refractivity contribution in [3.63, 3.8) is 0 Å². The number of amides is 1. The van der Waals surface area contributed by atoms with Crippen molar-refractivity contribution in [3.8, 4) is 0 Å². The van der Waals surface area contributed by atoms with Gasteiger partial charge in [-0.05, 0) is 37.8 Å². The molecule has 1 unspecified atom stereocenters. The molecule has 1 aliphatic heterocycles. The van der Waals surface area contributed by atoms with Crippen LogP contribution in [0.3, 0.4) is 0 Å². The van der Waals surface area contributed by atoms with Gasteiger partial charge >= 0.3 is 12.1 Å². The smallest absolute Gasteiger partial charge is 0.407 e. The molecule has 0 bridgehead atoms. The number of esters is 1. The van der Waals surface area contributed by atoms with E-state index in [0.29, 0.717) is 35.3 Å². The fourth-order valence-corrected chi connectivity index (χ4v) is 3.27. The lowest BCUT2D eigenvalue weighted by Crippen LogP contribution is -2.41. The SMILES string of the molecule is COC(=O)c1cc(Cl)c(Cl)c(NC(C)C2CCN(C(=O)O)CC2)c1. The summed E-state index contributed by atoms with van der Waals surface area (Å²) >= 11 is 12.3. The molecule has 0 aromatic heterocycles. The maximum Gasteiger partial charge on any atom is 0.407 e. The Morgan fingerprint density at radius 2 is 1.96 bits per heavy atom. The Morgan fingerprint density at radius 3 is 2.50 bits per heavy atom. The average Bonchev–Trinajstić information content (AvgIpc) is 2.57. The van der Waals surface area contributed by atoms with E-state index < -0.39 is 12.1 Å². The number of carbonyl (C=O) groups excluding carboxylic acids is 1. The van der Waals surface area contributed by atoms with Crippen LogP contribution in [-0.4, -0.2) is 48.3 Å². The van der Waals surface area contributed by atoms with Gasteiger partial charge in [-0.15, -0.1) is 0 Å². The number of hydrogen-bond donors (Lipinski definition) is 2. The lowest BCUT2D eigenvalue weighted by molar-refractivity contribution is 0.0600. The molecular formula is C16H20Cl2N2O4. The summed E-state index contributed by atoms with van der Waals surface area (Å²) in [6.07, 6.45) is 0.653. The number of ether oxygens (including phenoxy) is 1. The molecule has 0 spiro atoms. The van der Waals surface area contributed by atoms with E-state index in [-0.39, 0.29) is 11.1 Å². The molecule has 1 amide bonds. The van der Waals surface area contributed by atoms with Gasteiger partial charge in [0.25, 0.3) is 0 Å². The van der Waals surface area contributed by atoms with E-state index in [0.717, 1.165) is 12.8 Å². The number of carbonyl (C=O) groups is 2. The standard InChI is InChI=1S/C16H20Cl2N2O4/c1-9(10-3-5-20(6-4-10)16(22)23)19-13-8-11(15(21)24-2)7-12(17)14(13)18/h7-10,19H,3-6H2,1-2H3,(H,22,23). The van der Waals surface area contributed by atoms with E-state index in [9.17, 15) is 9.59 Å². The summed E-state index contributed by atoms with van der Waals surface area (Å²) < 4.78 is 4.71. The Hall–Kier alpha value is -1.66. The zero-order valence-electron chi connectivity index (χ0n) is 13.5. The van der Waals surface area contributed by atoms with Gasteiger partial charge in [-0.1, -0.05) is 23.2 Å². The number of carboxylic acid groups (broad SMARTS) is 1. The first-order valence-electron chi connectivity index (χ1n) is 7.65. The summed E-state index contributed by atoms with van der Waals surface area (Å²) in [4.78, 5) is 24.1. The second-order valence-corrected chi connectivity index (χ2v) is 6.64. The molecule has 0 saturated carbocycles. The number of nitrogens with zero attached hydrogens (tertiary/aromatic N) is 1. The molecule has 2 rings (SSSR count). The van der Waals surface area contributed by atoms with Gasteiger partial charge in [0.15, 0.2) is 0 Å². The number of nitrogens with one attached hydrogen (secondary N) is 1. The number of hydrogen-bond acceptors (Lipinski definition) is 4. The number of rotatable bonds is 4. The van der Waals surface area contributed by atoms with Gasteiger partial charge in [0.2, 0.25) is 0 Å². The van der Waals surface area contributed by atoms with E-state index in [2.05, 4.69) is 5.32 Å². The quantitative estimate of drug-likeness (QED) is 0.779. The van der Waals surface area contributed by atoms with Crippen molar-refractivity contribution in [2.75, 3.05) is 25.5 Å². The maximum atomic E-state index is 11.7. The van der Waals surface area contributed by atoms with E-state index in [1.54, 1.807) is 6.07 Å². The zero-order valence-corrected chi connectivity index (χ0v) is 15.0. The van der Waals surface area contributed by atoms with Crippen LogP contribution in [-0.2, 0) is 4.74 Å². The lowest BCUT2D eigenvalue weighted by atomic mass is 9.90. The van der Waals surface area contributed by atoms with Crippen LogP contribution in [0.2, 0.25) is 10.0 Å². The molecule has 1 aliphatic rings. The highest BCUT2D eigenvalue weighted by molar-refractivity contribution is 6.44. The summed E-state index contributed by atoms with van der Waals surface area (Å²) in [7, 11) is 1.30. The minimum atomic E-state index is -0.880. The molecular weight excluding hydrogens is 355 g/mol. The van der Waals surface area contributed by atoms with Crippen LogP contribution in [0.15, 0.2) is 12.1 Å². The molecule has 24 heavy (non-hydrogen) atoms. The van der Waals surface area contributed by atoms with Crippen LogP contribution in [0.1, 0.15) is 30.1 Å². The first kappa shape index (κ1) is 18.7. The van der Waals surface area contributed by atoms with Crippen molar-refractivity contribution in [3.05, 3.63) is 27.7 Å². The van der Waals surface area contributed by atoms with Crippen LogP contribution in [0.25, 0.3) is 0 Å². The number of methoxy groups -OCH3 is 1. The fourth-order valence-electron chi connectivity index (χ4n) is 2.88. The Kier molecular flexibility index (Phi) is 6.18. The molecule has 1 heterocycles. The maximum absolute atomic E-state index is 11.7. The third kappa shape index (κ3) is 4.24. The summed E-state index contributed by atoms with van der Waals surface area (Å²) in [6, 6.07) is 3.14. The van der Waals surface area contributed by atoms with Crippen LogP contribution < -0.4 is 5.32 Å². The number of likely N-dealkylation sites (tertiary alicyclic amines) is 1. The van der Waals surface area contributed by atoms with Gasteiger partial charge in [-0.25, -0.2) is 9.59 Å². The average molecular weight is 375 g/mol. The molecule has 1 aromatic carbocycles. The molecule has 1 aromatic rings. The molecule has 1 saturated heterocycles. The minimum absolute atomic E-state index is 0.0578. The molecule has 0 radical (unpaired) electrons. The lowest BCUT2D eigenvalue weighted by Gasteiger charge is -2.34. The second kappa shape index (κ2) is 7.94. The largest absolute Gasteiger partial charge is 0.465 e. The third-order valence-corrected chi connectivity index (χ3v) is 5.15. The van der Waals surface area contributed by atoms with Crippen molar-refractivity contribution < 1.29 is 19.4 Å². The highest BCUT2D eigenvalue weighted by Crippen LogP contribution is 2.34. The van der Waals surface area contributed by atoms with Gasteiger partial charge < -0.3 is 20.1 Å². The first-order valence-corrected chi connectivity index (χ1v) is 8.40. The van der Waals surface area contributed by atoms with E-state index in [4.69, 9.17) is 33.0 Å². The summed E-state index contributed by atoms with van der Waals surface area (Å²) in [5.74, 6) is -0.184. The Bertz CT molecular complexity index is 631. The molecule has 1 atom stereocenters. The van der Waals surface area contributed by atoms with Gasteiger partial charge in [-0.3, -0.25) is 0 Å². The van der Waals surface area contributed by atoms with Crippen LogP contribution in [0.4, 0.5) is 10.5 Å². The number of halogens is 2. The Labute approximate surface area is 150 Å². The summed E-state index contributed by atoms with van der Waals surface area (Å²) in [6.45, 7) is 3.04. The first-order chi connectivity index (χ1) is 11.3. The highest BCUT2D eigenvalue weighted by Gasteiger charge is 2.26. The van der Waals surface area contributed by atoms with E-state index in [1.807, 2.05) is 6.92 Å². The third-order valence-electron chi connectivity index (χ3n) is 4.35. The summed E-state index contributed by atoms with van der Waals surface area (Å²) in [5, 5.41) is 12.9. The van der Waals surface area contributed by atoms with Crippen molar-refractivity contribution >= 4 is 41.0 Å². The number of piperidine rings is 1. The summed E-state index contributed by atoms with van der Waals surface area (Å²) in [5.41, 5.74) is 0.889. The van der Waals surface area contributed by atoms with Crippen molar-refractivity contribution in [2.45, 2.75) is 25.8 Å². The molecule has 1 fully saturated rings. The van der Waals surface area contributed by atoms with E-state index in [1.165, 1.54) is 18.1 Å².